The zero-order chi connectivity index (χ0) is 36.7. The Morgan fingerprint density at radius 3 is 1.46 bits per heavy atom. The molecule has 260 valence electrons. The van der Waals surface area contributed by atoms with Crippen molar-refractivity contribution >= 4 is 76.2 Å². The van der Waals surface area contributed by atoms with Crippen LogP contribution >= 0.6 is 0 Å². The summed E-state index contributed by atoms with van der Waals surface area (Å²) < 4.78 is 12.6. The third-order valence-electron chi connectivity index (χ3n) is 11.1. The zero-order valence-corrected chi connectivity index (χ0v) is 29.9. The average molecular weight is 716 g/mol. The van der Waals surface area contributed by atoms with Crippen LogP contribution in [0.5, 0.6) is 0 Å². The van der Waals surface area contributed by atoms with Crippen LogP contribution in [0.25, 0.3) is 121 Å². The maximum Gasteiger partial charge on any atom is 0.164 e. The highest BCUT2D eigenvalue weighted by Crippen LogP contribution is 2.41. The predicted molar refractivity (Wildman–Crippen MR) is 229 cm³/mol. The molecule has 0 N–H and O–H groups in total. The first-order valence-corrected chi connectivity index (χ1v) is 18.8. The maximum absolute atomic E-state index is 6.31. The van der Waals surface area contributed by atoms with Crippen molar-refractivity contribution in [2.75, 3.05) is 0 Å². The first kappa shape index (κ1) is 30.8. The lowest BCUT2D eigenvalue weighted by molar-refractivity contribution is 0.668. The standard InChI is InChI=1S/C51H29N3O2/c1-2-15-34-30(12-1)26-27-32-29-41(35-16-3-4-17-36(35)46(32)34)31-13-9-14-33(28-31)49-52-50(39-20-10-24-44-47(39)37-18-5-7-22-42(37)55-44)54-51(53-49)40-21-11-25-45-48(40)38-19-6-8-23-43(38)56-45/h1-29H. The molecule has 0 fully saturated rings. The maximum atomic E-state index is 6.31. The lowest BCUT2D eigenvalue weighted by Gasteiger charge is -2.14. The number of rotatable bonds is 4. The fourth-order valence-electron chi connectivity index (χ4n) is 8.61. The Bertz CT molecular complexity index is 3430. The first-order valence-electron chi connectivity index (χ1n) is 18.8. The van der Waals surface area contributed by atoms with Gasteiger partial charge in [0.15, 0.2) is 17.5 Å². The van der Waals surface area contributed by atoms with Crippen LogP contribution in [0, 0.1) is 0 Å². The molecule has 0 radical (unpaired) electrons. The molecule has 0 aliphatic heterocycles. The smallest absolute Gasteiger partial charge is 0.164 e. The molecule has 9 aromatic carbocycles. The second kappa shape index (κ2) is 11.9. The second-order valence-electron chi connectivity index (χ2n) is 14.3. The highest BCUT2D eigenvalue weighted by atomic mass is 16.3. The summed E-state index contributed by atoms with van der Waals surface area (Å²) in [6.45, 7) is 0. The summed E-state index contributed by atoms with van der Waals surface area (Å²) in [6, 6.07) is 61.1. The molecule has 0 saturated carbocycles. The quantitative estimate of drug-likeness (QED) is 0.170. The largest absolute Gasteiger partial charge is 0.456 e. The number of nitrogens with zero attached hydrogens (tertiary/aromatic N) is 3. The highest BCUT2D eigenvalue weighted by Gasteiger charge is 2.21. The minimum atomic E-state index is 0.570. The molecule has 12 aromatic rings. The van der Waals surface area contributed by atoms with E-state index in [1.165, 1.54) is 32.3 Å². The first-order chi connectivity index (χ1) is 27.7. The van der Waals surface area contributed by atoms with Crippen LogP contribution in [-0.2, 0) is 0 Å². The van der Waals surface area contributed by atoms with E-state index in [9.17, 15) is 0 Å². The van der Waals surface area contributed by atoms with E-state index < -0.39 is 0 Å². The van der Waals surface area contributed by atoms with Gasteiger partial charge in [0.1, 0.15) is 22.3 Å². The zero-order valence-electron chi connectivity index (χ0n) is 29.9. The molecular weight excluding hydrogens is 687 g/mol. The van der Waals surface area contributed by atoms with Crippen LogP contribution in [-0.4, -0.2) is 15.0 Å². The van der Waals surface area contributed by atoms with Gasteiger partial charge in [-0.2, -0.15) is 0 Å². The van der Waals surface area contributed by atoms with Gasteiger partial charge in [-0.3, -0.25) is 0 Å². The van der Waals surface area contributed by atoms with Crippen molar-refractivity contribution in [1.82, 2.24) is 15.0 Å². The van der Waals surface area contributed by atoms with Gasteiger partial charge in [0, 0.05) is 38.2 Å². The van der Waals surface area contributed by atoms with Gasteiger partial charge in [-0.25, -0.2) is 15.0 Å². The Kier molecular flexibility index (Phi) is 6.56. The molecule has 56 heavy (non-hydrogen) atoms. The molecule has 0 unspecified atom stereocenters. The lowest BCUT2D eigenvalue weighted by Crippen LogP contribution is -2.01. The van der Waals surface area contributed by atoms with E-state index in [1.807, 2.05) is 60.7 Å². The Morgan fingerprint density at radius 1 is 0.286 bits per heavy atom. The van der Waals surface area contributed by atoms with E-state index in [2.05, 4.69) is 115 Å². The van der Waals surface area contributed by atoms with Crippen LogP contribution < -0.4 is 0 Å². The summed E-state index contributed by atoms with van der Waals surface area (Å²) in [7, 11) is 0. The van der Waals surface area contributed by atoms with Gasteiger partial charge in [-0.05, 0) is 79.8 Å². The molecule has 3 heterocycles. The topological polar surface area (TPSA) is 65.0 Å². The average Bonchev–Trinajstić information content (AvgIpc) is 3.85. The van der Waals surface area contributed by atoms with Gasteiger partial charge in [-0.1, -0.05) is 140 Å². The summed E-state index contributed by atoms with van der Waals surface area (Å²) in [4.78, 5) is 15.8. The van der Waals surface area contributed by atoms with Crippen molar-refractivity contribution in [2.24, 2.45) is 0 Å². The Morgan fingerprint density at radius 2 is 0.786 bits per heavy atom. The van der Waals surface area contributed by atoms with Crippen LogP contribution in [0.2, 0.25) is 0 Å². The Hall–Kier alpha value is -7.63. The monoisotopic (exact) mass is 715 g/mol. The molecule has 0 aliphatic carbocycles. The molecule has 0 spiro atoms. The minimum Gasteiger partial charge on any atom is -0.456 e. The molecule has 0 saturated heterocycles. The van der Waals surface area contributed by atoms with E-state index in [0.717, 1.165) is 71.7 Å². The summed E-state index contributed by atoms with van der Waals surface area (Å²) in [5, 5.41) is 11.4. The number of furan rings is 2. The number of hydrogen-bond acceptors (Lipinski definition) is 5. The van der Waals surface area contributed by atoms with Gasteiger partial charge in [0.05, 0.1) is 0 Å². The van der Waals surface area contributed by atoms with Crippen LogP contribution in [0.1, 0.15) is 0 Å². The van der Waals surface area contributed by atoms with Crippen molar-refractivity contribution in [1.29, 1.82) is 0 Å². The molecule has 0 aliphatic rings. The summed E-state index contributed by atoms with van der Waals surface area (Å²) >= 11 is 0. The molecule has 0 amide bonds. The lowest BCUT2D eigenvalue weighted by atomic mass is 9.90. The highest BCUT2D eigenvalue weighted by molar-refractivity contribution is 6.23. The Balaban J connectivity index is 1.11. The molecule has 5 heteroatoms. The van der Waals surface area contributed by atoms with E-state index >= 15 is 0 Å². The summed E-state index contributed by atoms with van der Waals surface area (Å²) in [5.41, 5.74) is 8.11. The van der Waals surface area contributed by atoms with Crippen molar-refractivity contribution in [2.45, 2.75) is 0 Å². The van der Waals surface area contributed by atoms with Gasteiger partial charge in [-0.15, -0.1) is 0 Å². The molecule has 0 atom stereocenters. The van der Waals surface area contributed by atoms with Gasteiger partial charge in [0.25, 0.3) is 0 Å². The van der Waals surface area contributed by atoms with Crippen molar-refractivity contribution in [3.05, 3.63) is 176 Å². The molecule has 3 aromatic heterocycles. The third kappa shape index (κ3) is 4.64. The number of benzene rings is 9. The second-order valence-corrected chi connectivity index (χ2v) is 14.3. The molecule has 12 rings (SSSR count). The predicted octanol–water partition coefficient (Wildman–Crippen LogP) is 13.8. The Labute approximate surface area is 320 Å². The van der Waals surface area contributed by atoms with Crippen LogP contribution in [0.3, 0.4) is 0 Å². The fraction of sp³-hybridized carbons (Fsp3) is 0. The number of para-hydroxylation sites is 2. The van der Waals surface area contributed by atoms with E-state index in [-0.39, 0.29) is 0 Å². The summed E-state index contributed by atoms with van der Waals surface area (Å²) in [5.74, 6) is 1.72. The van der Waals surface area contributed by atoms with Crippen LogP contribution in [0.4, 0.5) is 0 Å². The van der Waals surface area contributed by atoms with Gasteiger partial charge in [0.2, 0.25) is 0 Å². The summed E-state index contributed by atoms with van der Waals surface area (Å²) in [6.07, 6.45) is 0. The molecule has 5 nitrogen and oxygen atoms in total. The number of hydrogen-bond donors (Lipinski definition) is 0. The van der Waals surface area contributed by atoms with Gasteiger partial charge < -0.3 is 8.83 Å². The van der Waals surface area contributed by atoms with Crippen LogP contribution in [0.15, 0.2) is 185 Å². The van der Waals surface area contributed by atoms with Crippen molar-refractivity contribution in [3.63, 3.8) is 0 Å². The van der Waals surface area contributed by atoms with Crippen molar-refractivity contribution < 1.29 is 8.83 Å². The number of fused-ring (bicyclic) bond motifs is 11. The minimum absolute atomic E-state index is 0.570. The SMILES string of the molecule is c1cc(-c2nc(-c3cccc4oc5ccccc5c34)nc(-c3cccc4oc5ccccc5c34)n2)cc(-c2cc3ccc4ccccc4c3c3ccccc23)c1. The number of aromatic nitrogens is 3. The fourth-order valence-corrected chi connectivity index (χ4v) is 8.61. The third-order valence-corrected chi connectivity index (χ3v) is 11.1. The van der Waals surface area contributed by atoms with Gasteiger partial charge >= 0.3 is 0 Å². The van der Waals surface area contributed by atoms with E-state index in [1.54, 1.807) is 0 Å². The molecule has 0 bridgehead atoms. The van der Waals surface area contributed by atoms with E-state index in [0.29, 0.717) is 17.5 Å². The van der Waals surface area contributed by atoms with Crippen molar-refractivity contribution in [3.8, 4) is 45.3 Å². The molecular formula is C51H29N3O2. The van der Waals surface area contributed by atoms with E-state index in [4.69, 9.17) is 23.8 Å². The normalized spacial score (nSPS) is 11.9.